The van der Waals surface area contributed by atoms with E-state index in [1.165, 1.54) is 21.1 Å². The van der Waals surface area contributed by atoms with Crippen molar-refractivity contribution in [2.75, 3.05) is 28.4 Å². The summed E-state index contributed by atoms with van der Waals surface area (Å²) in [5.41, 5.74) is 1.87. The van der Waals surface area contributed by atoms with E-state index in [2.05, 4.69) is 11.7 Å². The summed E-state index contributed by atoms with van der Waals surface area (Å²) in [6.07, 6.45) is 3.63. The molecule has 10 nitrogen and oxygen atoms in total. The van der Waals surface area contributed by atoms with Crippen LogP contribution >= 0.6 is 7.60 Å². The molecule has 0 N–H and O–H groups in total. The monoisotopic (exact) mass is 644 g/mol. The van der Waals surface area contributed by atoms with E-state index < -0.39 is 13.6 Å². The molecule has 0 aliphatic heterocycles. The molecule has 246 valence electrons. The van der Waals surface area contributed by atoms with Crippen molar-refractivity contribution >= 4 is 24.8 Å². The molecule has 1 atom stereocenters. The predicted molar refractivity (Wildman–Crippen MR) is 174 cm³/mol. The Morgan fingerprint density at radius 2 is 1.18 bits per heavy atom. The number of carbonyl (C=O) groups excluding carboxylic acids is 2. The van der Waals surface area contributed by atoms with Crippen LogP contribution in [0.15, 0.2) is 54.6 Å². The SMILES string of the molecule is CCCCC(CC)C(=O)OC(C)=O.COc1ccc(OP(=O)(Oc2ccc(OC)c(OC)c2)c2cc(C)cc(C)c2)cc1OC. The van der Waals surface area contributed by atoms with Gasteiger partial charge in [0.25, 0.3) is 0 Å². The number of methoxy groups -OCH3 is 4. The van der Waals surface area contributed by atoms with Crippen LogP contribution in [0.2, 0.25) is 0 Å². The lowest BCUT2D eigenvalue weighted by Crippen LogP contribution is -2.19. The highest BCUT2D eigenvalue weighted by Gasteiger charge is 2.33. The van der Waals surface area contributed by atoms with Gasteiger partial charge in [0.2, 0.25) is 0 Å². The quantitative estimate of drug-likeness (QED) is 0.0986. The highest BCUT2D eigenvalue weighted by Crippen LogP contribution is 2.50. The molecular weight excluding hydrogens is 599 g/mol. The first-order valence-corrected chi connectivity index (χ1v) is 16.2. The fraction of sp³-hybridized carbons (Fsp3) is 0.412. The van der Waals surface area contributed by atoms with Crippen molar-refractivity contribution in [3.63, 3.8) is 0 Å². The lowest BCUT2D eigenvalue weighted by Gasteiger charge is -2.22. The molecule has 0 heterocycles. The fourth-order valence-corrected chi connectivity index (χ4v) is 6.17. The normalized spacial score (nSPS) is 11.3. The summed E-state index contributed by atoms with van der Waals surface area (Å²) in [5, 5.41) is 0.430. The van der Waals surface area contributed by atoms with Gasteiger partial charge in [0, 0.05) is 19.1 Å². The van der Waals surface area contributed by atoms with Crippen LogP contribution in [-0.4, -0.2) is 40.4 Å². The third-order valence-corrected chi connectivity index (χ3v) is 8.45. The molecule has 3 rings (SSSR count). The molecule has 0 saturated carbocycles. The van der Waals surface area contributed by atoms with Crippen LogP contribution in [0.25, 0.3) is 0 Å². The molecule has 0 amide bonds. The average Bonchev–Trinajstić information content (AvgIpc) is 3.00. The van der Waals surface area contributed by atoms with E-state index in [0.717, 1.165) is 36.8 Å². The number of aryl methyl sites for hydroxylation is 2. The molecule has 0 saturated heterocycles. The second-order valence-electron chi connectivity index (χ2n) is 10.2. The predicted octanol–water partition coefficient (Wildman–Crippen LogP) is 7.61. The van der Waals surface area contributed by atoms with Crippen molar-refractivity contribution in [3.05, 3.63) is 65.7 Å². The standard InChI is InChI=1S/C24H27O7P.C10H18O3/c1-16-11-17(2)13-20(12-16)32(25,30-18-7-9-21(26-3)23(14-18)28-5)31-19-8-10-22(27-4)24(15-19)29-6;1-4-6-7-9(5-2)10(12)13-8(3)11/h7-15H,1-6H3;9H,4-7H2,1-3H3. The van der Waals surface area contributed by atoms with Crippen molar-refractivity contribution in [2.45, 2.75) is 60.3 Å². The number of esters is 2. The molecule has 45 heavy (non-hydrogen) atoms. The van der Waals surface area contributed by atoms with Gasteiger partial charge in [0.1, 0.15) is 11.5 Å². The van der Waals surface area contributed by atoms with Gasteiger partial charge in [-0.15, -0.1) is 0 Å². The first kappa shape index (κ1) is 37.0. The third kappa shape index (κ3) is 11.0. The fourth-order valence-electron chi connectivity index (χ4n) is 4.42. The Balaban J connectivity index is 0.000000459. The largest absolute Gasteiger partial charge is 0.493 e. The second-order valence-corrected chi connectivity index (χ2v) is 12.1. The Morgan fingerprint density at radius 1 is 0.711 bits per heavy atom. The van der Waals surface area contributed by atoms with E-state index in [-0.39, 0.29) is 11.9 Å². The number of carbonyl (C=O) groups is 2. The zero-order valence-electron chi connectivity index (χ0n) is 27.6. The molecule has 0 bridgehead atoms. The van der Waals surface area contributed by atoms with Crippen LogP contribution in [0.1, 0.15) is 57.6 Å². The summed E-state index contributed by atoms with van der Waals surface area (Å²) < 4.78 is 51.9. The highest BCUT2D eigenvalue weighted by atomic mass is 31.2. The molecular formula is C34H45O10P. The summed E-state index contributed by atoms with van der Waals surface area (Å²) in [7, 11) is 2.25. The molecule has 3 aromatic carbocycles. The molecule has 0 aromatic heterocycles. The Morgan fingerprint density at radius 3 is 1.56 bits per heavy atom. The van der Waals surface area contributed by atoms with E-state index in [1.807, 2.05) is 26.8 Å². The van der Waals surface area contributed by atoms with Crippen LogP contribution in [0, 0.1) is 19.8 Å². The van der Waals surface area contributed by atoms with Gasteiger partial charge in [0.05, 0.1) is 39.7 Å². The van der Waals surface area contributed by atoms with E-state index >= 15 is 0 Å². The van der Waals surface area contributed by atoms with E-state index in [9.17, 15) is 14.2 Å². The first-order valence-electron chi connectivity index (χ1n) is 14.7. The maximum atomic E-state index is 14.2. The summed E-state index contributed by atoms with van der Waals surface area (Å²) >= 11 is 0. The Hall–Kier alpha value is -4.17. The number of rotatable bonds is 14. The molecule has 1 unspecified atom stereocenters. The smallest absolute Gasteiger partial charge is 0.462 e. The number of benzene rings is 3. The molecule has 0 spiro atoms. The second kappa shape index (κ2) is 18.0. The Labute approximate surface area is 266 Å². The van der Waals surface area contributed by atoms with Gasteiger partial charge in [-0.3, -0.25) is 9.59 Å². The van der Waals surface area contributed by atoms with Crippen LogP contribution in [0.4, 0.5) is 0 Å². The van der Waals surface area contributed by atoms with E-state index in [0.29, 0.717) is 39.8 Å². The molecule has 0 aliphatic carbocycles. The number of unbranched alkanes of at least 4 members (excludes halogenated alkanes) is 1. The lowest BCUT2D eigenvalue weighted by molar-refractivity contribution is -0.161. The van der Waals surface area contributed by atoms with Gasteiger partial charge in [-0.25, -0.2) is 4.57 Å². The minimum Gasteiger partial charge on any atom is -0.493 e. The van der Waals surface area contributed by atoms with Crippen molar-refractivity contribution in [1.82, 2.24) is 0 Å². The third-order valence-electron chi connectivity index (χ3n) is 6.66. The van der Waals surface area contributed by atoms with Gasteiger partial charge >= 0.3 is 19.5 Å². The van der Waals surface area contributed by atoms with Crippen molar-refractivity contribution in [1.29, 1.82) is 0 Å². The first-order chi connectivity index (χ1) is 21.4. The number of hydrogen-bond donors (Lipinski definition) is 0. The topological polar surface area (TPSA) is 116 Å². The van der Waals surface area contributed by atoms with Gasteiger partial charge in [-0.2, -0.15) is 0 Å². The summed E-state index contributed by atoms with van der Waals surface area (Å²) in [5.74, 6) is 1.58. The lowest BCUT2D eigenvalue weighted by atomic mass is 10.00. The maximum Gasteiger partial charge on any atom is 0.462 e. The van der Waals surface area contributed by atoms with E-state index in [4.69, 9.17) is 28.0 Å². The van der Waals surface area contributed by atoms with Gasteiger partial charge in [-0.1, -0.05) is 32.8 Å². The van der Waals surface area contributed by atoms with Crippen molar-refractivity contribution < 1.29 is 46.9 Å². The molecule has 0 aliphatic rings. The molecule has 0 radical (unpaired) electrons. The van der Waals surface area contributed by atoms with Gasteiger partial charge in [-0.05, 0) is 74.2 Å². The van der Waals surface area contributed by atoms with Crippen LogP contribution < -0.4 is 33.3 Å². The van der Waals surface area contributed by atoms with Crippen molar-refractivity contribution in [2.24, 2.45) is 5.92 Å². The maximum absolute atomic E-state index is 14.2. The van der Waals surface area contributed by atoms with Crippen LogP contribution in [-0.2, 0) is 18.9 Å². The van der Waals surface area contributed by atoms with Crippen LogP contribution in [0.3, 0.4) is 0 Å². The van der Waals surface area contributed by atoms with E-state index in [1.54, 1.807) is 62.8 Å². The van der Waals surface area contributed by atoms with Crippen LogP contribution in [0.5, 0.6) is 34.5 Å². The summed E-state index contributed by atoms with van der Waals surface area (Å²) in [6, 6.07) is 15.4. The minimum atomic E-state index is -3.87. The molecule has 0 fully saturated rings. The van der Waals surface area contributed by atoms with Gasteiger partial charge in [0.15, 0.2) is 23.0 Å². The summed E-state index contributed by atoms with van der Waals surface area (Å²) in [6.45, 7) is 9.11. The summed E-state index contributed by atoms with van der Waals surface area (Å²) in [4.78, 5) is 21.8. The zero-order valence-corrected chi connectivity index (χ0v) is 28.5. The average molecular weight is 645 g/mol. The molecule has 3 aromatic rings. The highest BCUT2D eigenvalue weighted by molar-refractivity contribution is 7.63. The minimum absolute atomic E-state index is 0.108. The Kier molecular flexibility index (Phi) is 14.8. The Bertz CT molecular complexity index is 1390. The van der Waals surface area contributed by atoms with Crippen molar-refractivity contribution in [3.8, 4) is 34.5 Å². The number of hydrogen-bond acceptors (Lipinski definition) is 10. The zero-order chi connectivity index (χ0) is 33.6. The van der Waals surface area contributed by atoms with Gasteiger partial charge < -0.3 is 32.7 Å². The molecule has 11 heteroatoms. The number of ether oxygens (including phenoxy) is 5.